The minimum absolute atomic E-state index is 0.210. The number of rotatable bonds is 3. The molecular weight excluding hydrogens is 238 g/mol. The molecule has 1 fully saturated rings. The highest BCUT2D eigenvalue weighted by Crippen LogP contribution is 2.22. The van der Waals surface area contributed by atoms with E-state index in [-0.39, 0.29) is 11.7 Å². The molecule has 3 heteroatoms. The number of phenols is 1. The molecule has 19 heavy (non-hydrogen) atoms. The molecular formula is C16H23NO2. The number of benzene rings is 1. The van der Waals surface area contributed by atoms with Crippen LogP contribution in [0.5, 0.6) is 5.75 Å². The summed E-state index contributed by atoms with van der Waals surface area (Å²) in [5.74, 6) is 1.69. The Bertz CT molecular complexity index is 434. The third kappa shape index (κ3) is 3.72. The Morgan fingerprint density at radius 3 is 2.53 bits per heavy atom. The van der Waals surface area contributed by atoms with Gasteiger partial charge in [-0.3, -0.25) is 4.79 Å². The molecule has 0 aliphatic carbocycles. The quantitative estimate of drug-likeness (QED) is 0.909. The number of aryl methyl sites for hydroxylation is 1. The van der Waals surface area contributed by atoms with Crippen molar-refractivity contribution >= 4 is 5.91 Å². The molecule has 1 amide bonds. The predicted molar refractivity (Wildman–Crippen MR) is 76.0 cm³/mol. The van der Waals surface area contributed by atoms with Gasteiger partial charge in [-0.05, 0) is 36.3 Å². The second-order valence-corrected chi connectivity index (χ2v) is 5.87. The molecule has 104 valence electrons. The number of phenolic OH excluding ortho intramolecular Hbond substituents is 1. The average molecular weight is 261 g/mol. The molecule has 0 saturated carbocycles. The number of hydrogen-bond acceptors (Lipinski definition) is 2. The largest absolute Gasteiger partial charge is 0.508 e. The van der Waals surface area contributed by atoms with Crippen LogP contribution in [0.3, 0.4) is 0 Å². The van der Waals surface area contributed by atoms with E-state index in [1.54, 1.807) is 12.1 Å². The Morgan fingerprint density at radius 2 is 1.89 bits per heavy atom. The molecule has 0 aromatic heterocycles. The van der Waals surface area contributed by atoms with Crippen molar-refractivity contribution in [2.75, 3.05) is 13.1 Å². The van der Waals surface area contributed by atoms with Crippen molar-refractivity contribution in [3.8, 4) is 5.75 Å². The lowest BCUT2D eigenvalue weighted by atomic mass is 9.91. The highest BCUT2D eigenvalue weighted by atomic mass is 16.3. The van der Waals surface area contributed by atoms with Crippen LogP contribution in [0.2, 0.25) is 0 Å². The lowest BCUT2D eigenvalue weighted by molar-refractivity contribution is -0.133. The SMILES string of the molecule is CC1CC(C)CN(C(=O)CCc2ccccc2O)C1. The second kappa shape index (κ2) is 6.09. The van der Waals surface area contributed by atoms with Gasteiger partial charge in [0.1, 0.15) is 5.75 Å². The zero-order valence-corrected chi connectivity index (χ0v) is 11.8. The van der Waals surface area contributed by atoms with E-state index in [0.29, 0.717) is 24.7 Å². The standard InChI is InChI=1S/C16H23NO2/c1-12-9-13(2)11-17(10-12)16(19)8-7-14-5-3-4-6-15(14)18/h3-6,12-13,18H,7-11H2,1-2H3. The first kappa shape index (κ1) is 13.9. The van der Waals surface area contributed by atoms with Gasteiger partial charge in [0.15, 0.2) is 0 Å². The van der Waals surface area contributed by atoms with Crippen LogP contribution in [0.1, 0.15) is 32.3 Å². The maximum atomic E-state index is 12.2. The molecule has 1 N–H and O–H groups in total. The fraction of sp³-hybridized carbons (Fsp3) is 0.562. The third-order valence-corrected chi connectivity index (χ3v) is 3.82. The lowest BCUT2D eigenvalue weighted by Gasteiger charge is -2.35. The normalized spacial score (nSPS) is 23.4. The second-order valence-electron chi connectivity index (χ2n) is 5.87. The van der Waals surface area contributed by atoms with Crippen LogP contribution < -0.4 is 0 Å². The lowest BCUT2D eigenvalue weighted by Crippen LogP contribution is -2.42. The summed E-state index contributed by atoms with van der Waals surface area (Å²) in [5.41, 5.74) is 0.856. The molecule has 3 nitrogen and oxygen atoms in total. The summed E-state index contributed by atoms with van der Waals surface area (Å²) >= 11 is 0. The topological polar surface area (TPSA) is 40.5 Å². The number of piperidine rings is 1. The van der Waals surface area contributed by atoms with Crippen LogP contribution in [-0.4, -0.2) is 29.0 Å². The van der Waals surface area contributed by atoms with Crippen molar-refractivity contribution in [1.29, 1.82) is 0 Å². The first-order valence-corrected chi connectivity index (χ1v) is 7.11. The zero-order chi connectivity index (χ0) is 13.8. The Kier molecular flexibility index (Phi) is 4.46. The van der Waals surface area contributed by atoms with Crippen LogP contribution in [0.15, 0.2) is 24.3 Å². The van der Waals surface area contributed by atoms with Crippen molar-refractivity contribution in [1.82, 2.24) is 4.90 Å². The monoisotopic (exact) mass is 261 g/mol. The minimum atomic E-state index is 0.210. The van der Waals surface area contributed by atoms with Crippen molar-refractivity contribution in [3.63, 3.8) is 0 Å². The number of likely N-dealkylation sites (tertiary alicyclic amines) is 1. The van der Waals surface area contributed by atoms with E-state index in [1.165, 1.54) is 6.42 Å². The molecule has 2 atom stereocenters. The third-order valence-electron chi connectivity index (χ3n) is 3.82. The average Bonchev–Trinajstić information content (AvgIpc) is 2.36. The predicted octanol–water partition coefficient (Wildman–Crippen LogP) is 2.83. The molecule has 1 aliphatic heterocycles. The van der Waals surface area contributed by atoms with E-state index >= 15 is 0 Å². The number of carbonyl (C=O) groups excluding carboxylic acids is 1. The molecule has 1 aliphatic rings. The van der Waals surface area contributed by atoms with E-state index < -0.39 is 0 Å². The van der Waals surface area contributed by atoms with Gasteiger partial charge in [-0.15, -0.1) is 0 Å². The van der Waals surface area contributed by atoms with Crippen LogP contribution >= 0.6 is 0 Å². The maximum absolute atomic E-state index is 12.2. The van der Waals surface area contributed by atoms with Crippen LogP contribution in [0.25, 0.3) is 0 Å². The number of nitrogens with zero attached hydrogens (tertiary/aromatic N) is 1. The summed E-state index contributed by atoms with van der Waals surface area (Å²) in [6.45, 7) is 6.17. The van der Waals surface area contributed by atoms with E-state index in [1.807, 2.05) is 17.0 Å². The summed E-state index contributed by atoms with van der Waals surface area (Å²) in [4.78, 5) is 14.2. The highest BCUT2D eigenvalue weighted by Gasteiger charge is 2.25. The zero-order valence-electron chi connectivity index (χ0n) is 11.8. The number of aromatic hydroxyl groups is 1. The van der Waals surface area contributed by atoms with Crippen molar-refractivity contribution in [2.45, 2.75) is 33.1 Å². The van der Waals surface area contributed by atoms with Crippen LogP contribution in [0, 0.1) is 11.8 Å². The smallest absolute Gasteiger partial charge is 0.222 e. The molecule has 1 heterocycles. The molecule has 0 bridgehead atoms. The fourth-order valence-electron chi connectivity index (χ4n) is 2.99. The highest BCUT2D eigenvalue weighted by molar-refractivity contribution is 5.76. The van der Waals surface area contributed by atoms with Gasteiger partial charge in [0.25, 0.3) is 0 Å². The molecule has 1 aromatic carbocycles. The van der Waals surface area contributed by atoms with E-state index in [4.69, 9.17) is 0 Å². The van der Waals surface area contributed by atoms with Gasteiger partial charge in [-0.1, -0.05) is 32.0 Å². The molecule has 1 aromatic rings. The van der Waals surface area contributed by atoms with Gasteiger partial charge < -0.3 is 10.0 Å². The van der Waals surface area contributed by atoms with E-state index in [2.05, 4.69) is 13.8 Å². The van der Waals surface area contributed by atoms with E-state index in [0.717, 1.165) is 18.7 Å². The van der Waals surface area contributed by atoms with Crippen molar-refractivity contribution in [3.05, 3.63) is 29.8 Å². The van der Waals surface area contributed by atoms with Gasteiger partial charge >= 0.3 is 0 Å². The van der Waals surface area contributed by atoms with Crippen LogP contribution in [-0.2, 0) is 11.2 Å². The summed E-state index contributed by atoms with van der Waals surface area (Å²) < 4.78 is 0. The Morgan fingerprint density at radius 1 is 1.26 bits per heavy atom. The number of amides is 1. The first-order valence-electron chi connectivity index (χ1n) is 7.11. The molecule has 0 spiro atoms. The summed E-state index contributed by atoms with van der Waals surface area (Å²) in [6, 6.07) is 7.24. The minimum Gasteiger partial charge on any atom is -0.508 e. The molecule has 2 unspecified atom stereocenters. The Labute approximate surface area is 115 Å². The van der Waals surface area contributed by atoms with Crippen LogP contribution in [0.4, 0.5) is 0 Å². The van der Waals surface area contributed by atoms with Gasteiger partial charge in [0.2, 0.25) is 5.91 Å². The maximum Gasteiger partial charge on any atom is 0.222 e. The summed E-state index contributed by atoms with van der Waals surface area (Å²) in [5, 5.41) is 9.69. The van der Waals surface area contributed by atoms with Gasteiger partial charge in [0, 0.05) is 19.5 Å². The fourth-order valence-corrected chi connectivity index (χ4v) is 2.99. The summed E-state index contributed by atoms with van der Waals surface area (Å²) in [6.07, 6.45) is 2.31. The molecule has 0 radical (unpaired) electrons. The van der Waals surface area contributed by atoms with Gasteiger partial charge in [-0.25, -0.2) is 0 Å². The molecule has 1 saturated heterocycles. The number of carbonyl (C=O) groups is 1. The summed E-state index contributed by atoms with van der Waals surface area (Å²) in [7, 11) is 0. The van der Waals surface area contributed by atoms with Crippen molar-refractivity contribution < 1.29 is 9.90 Å². The first-order chi connectivity index (χ1) is 9.06. The molecule has 2 rings (SSSR count). The van der Waals surface area contributed by atoms with E-state index in [9.17, 15) is 9.90 Å². The Hall–Kier alpha value is -1.51. The van der Waals surface area contributed by atoms with Crippen molar-refractivity contribution in [2.24, 2.45) is 11.8 Å². The van der Waals surface area contributed by atoms with Gasteiger partial charge in [-0.2, -0.15) is 0 Å². The van der Waals surface area contributed by atoms with Gasteiger partial charge in [0.05, 0.1) is 0 Å². The number of hydrogen-bond donors (Lipinski definition) is 1. The number of para-hydroxylation sites is 1. The Balaban J connectivity index is 1.89.